The molecule has 0 aliphatic carbocycles. The Bertz CT molecular complexity index is 646. The lowest BCUT2D eigenvalue weighted by atomic mass is 10.2. The van der Waals surface area contributed by atoms with Crippen molar-refractivity contribution in [3.8, 4) is 0 Å². The SMILES string of the molecule is Cc1ccsc1CNc1ccc(CS(N)(=O)=O)cc1. The second-order valence-electron chi connectivity index (χ2n) is 4.38. The Morgan fingerprint density at radius 2 is 1.89 bits per heavy atom. The van der Waals surface area contributed by atoms with E-state index < -0.39 is 10.0 Å². The Morgan fingerprint density at radius 1 is 1.21 bits per heavy atom. The van der Waals surface area contributed by atoms with E-state index in [2.05, 4.69) is 23.7 Å². The van der Waals surface area contributed by atoms with Crippen LogP contribution in [0.15, 0.2) is 35.7 Å². The van der Waals surface area contributed by atoms with Gasteiger partial charge in [-0.2, -0.15) is 0 Å². The molecule has 0 aliphatic heterocycles. The van der Waals surface area contributed by atoms with Gasteiger partial charge in [-0.3, -0.25) is 0 Å². The predicted octanol–water partition coefficient (Wildman–Crippen LogP) is 2.46. The molecule has 0 saturated heterocycles. The number of rotatable bonds is 5. The average molecular weight is 296 g/mol. The van der Waals surface area contributed by atoms with Crippen LogP contribution in [0.4, 0.5) is 5.69 Å². The largest absolute Gasteiger partial charge is 0.380 e. The van der Waals surface area contributed by atoms with Crippen LogP contribution in [0.2, 0.25) is 0 Å². The van der Waals surface area contributed by atoms with Gasteiger partial charge in [0, 0.05) is 17.1 Å². The van der Waals surface area contributed by atoms with Gasteiger partial charge in [-0.15, -0.1) is 11.3 Å². The smallest absolute Gasteiger partial charge is 0.213 e. The van der Waals surface area contributed by atoms with E-state index in [1.54, 1.807) is 23.5 Å². The van der Waals surface area contributed by atoms with Crippen LogP contribution < -0.4 is 10.5 Å². The lowest BCUT2D eigenvalue weighted by Gasteiger charge is -2.07. The molecule has 6 heteroatoms. The van der Waals surface area contributed by atoms with Gasteiger partial charge >= 0.3 is 0 Å². The van der Waals surface area contributed by atoms with Gasteiger partial charge in [0.25, 0.3) is 0 Å². The number of hydrogen-bond donors (Lipinski definition) is 2. The van der Waals surface area contributed by atoms with Crippen LogP contribution in [0, 0.1) is 6.92 Å². The Balaban J connectivity index is 1.97. The van der Waals surface area contributed by atoms with E-state index in [9.17, 15) is 8.42 Å². The fourth-order valence-electron chi connectivity index (χ4n) is 1.72. The van der Waals surface area contributed by atoms with Gasteiger partial charge in [0.15, 0.2) is 0 Å². The highest BCUT2D eigenvalue weighted by atomic mass is 32.2. The van der Waals surface area contributed by atoms with E-state index in [0.29, 0.717) is 5.56 Å². The van der Waals surface area contributed by atoms with E-state index in [0.717, 1.165) is 12.2 Å². The Hall–Kier alpha value is -1.37. The molecule has 0 saturated carbocycles. The number of thiophene rings is 1. The fraction of sp³-hybridized carbons (Fsp3) is 0.231. The number of aryl methyl sites for hydroxylation is 1. The molecule has 1 aromatic heterocycles. The minimum atomic E-state index is -3.46. The molecule has 0 fully saturated rings. The zero-order valence-corrected chi connectivity index (χ0v) is 12.2. The van der Waals surface area contributed by atoms with Crippen LogP contribution >= 0.6 is 11.3 Å². The summed E-state index contributed by atoms with van der Waals surface area (Å²) in [4.78, 5) is 1.30. The third-order valence-corrected chi connectivity index (χ3v) is 4.50. The van der Waals surface area contributed by atoms with Crippen LogP contribution in [-0.2, 0) is 22.3 Å². The number of primary sulfonamides is 1. The van der Waals surface area contributed by atoms with Crippen molar-refractivity contribution in [1.82, 2.24) is 0 Å². The summed E-state index contributed by atoms with van der Waals surface area (Å²) in [5, 5.41) is 10.4. The average Bonchev–Trinajstić information content (AvgIpc) is 2.72. The van der Waals surface area contributed by atoms with Gasteiger partial charge in [0.1, 0.15) is 0 Å². The summed E-state index contributed by atoms with van der Waals surface area (Å²) < 4.78 is 21.9. The van der Waals surface area contributed by atoms with E-state index in [1.807, 2.05) is 12.1 Å². The maximum absolute atomic E-state index is 11.0. The van der Waals surface area contributed by atoms with Gasteiger partial charge in [-0.05, 0) is 41.6 Å². The lowest BCUT2D eigenvalue weighted by molar-refractivity contribution is 0.597. The van der Waals surface area contributed by atoms with Crippen molar-refractivity contribution in [2.24, 2.45) is 5.14 Å². The molecular formula is C13H16N2O2S2. The maximum Gasteiger partial charge on any atom is 0.213 e. The Morgan fingerprint density at radius 3 is 2.42 bits per heavy atom. The third-order valence-electron chi connectivity index (χ3n) is 2.74. The first kappa shape index (κ1) is 14.0. The van der Waals surface area contributed by atoms with Crippen molar-refractivity contribution in [3.63, 3.8) is 0 Å². The van der Waals surface area contributed by atoms with Crippen molar-refractivity contribution in [1.29, 1.82) is 0 Å². The zero-order chi connectivity index (χ0) is 13.9. The molecule has 0 atom stereocenters. The monoisotopic (exact) mass is 296 g/mol. The number of hydrogen-bond acceptors (Lipinski definition) is 4. The summed E-state index contributed by atoms with van der Waals surface area (Å²) in [6, 6.07) is 9.37. The van der Waals surface area contributed by atoms with Gasteiger partial charge < -0.3 is 5.32 Å². The van der Waals surface area contributed by atoms with Gasteiger partial charge in [0.05, 0.1) is 5.75 Å². The molecule has 1 aromatic carbocycles. The normalized spacial score (nSPS) is 11.5. The number of nitrogens with two attached hydrogens (primary N) is 1. The quantitative estimate of drug-likeness (QED) is 0.890. The topological polar surface area (TPSA) is 72.2 Å². The van der Waals surface area contributed by atoms with E-state index in [-0.39, 0.29) is 5.75 Å². The minimum Gasteiger partial charge on any atom is -0.380 e. The molecule has 102 valence electrons. The van der Waals surface area contributed by atoms with Crippen LogP contribution in [0.1, 0.15) is 16.0 Å². The van der Waals surface area contributed by atoms with Crippen molar-refractivity contribution in [3.05, 3.63) is 51.7 Å². The van der Waals surface area contributed by atoms with Gasteiger partial charge in [0.2, 0.25) is 10.0 Å². The zero-order valence-electron chi connectivity index (χ0n) is 10.6. The molecule has 0 aliphatic rings. The van der Waals surface area contributed by atoms with Crippen molar-refractivity contribution < 1.29 is 8.42 Å². The lowest BCUT2D eigenvalue weighted by Crippen LogP contribution is -2.14. The Labute approximate surface area is 117 Å². The van der Waals surface area contributed by atoms with E-state index in [1.165, 1.54) is 10.4 Å². The number of nitrogens with one attached hydrogen (secondary N) is 1. The highest BCUT2D eigenvalue weighted by Crippen LogP contribution is 2.18. The number of anilines is 1. The van der Waals surface area contributed by atoms with Crippen molar-refractivity contribution in [2.45, 2.75) is 19.2 Å². The summed E-state index contributed by atoms with van der Waals surface area (Å²) in [6.45, 7) is 2.86. The molecule has 19 heavy (non-hydrogen) atoms. The molecule has 0 bridgehead atoms. The van der Waals surface area contributed by atoms with Crippen LogP contribution in [0.5, 0.6) is 0 Å². The predicted molar refractivity (Wildman–Crippen MR) is 79.6 cm³/mol. The second kappa shape index (κ2) is 5.73. The highest BCUT2D eigenvalue weighted by Gasteiger charge is 2.05. The summed E-state index contributed by atoms with van der Waals surface area (Å²) in [5.74, 6) is -0.128. The minimum absolute atomic E-state index is 0.128. The second-order valence-corrected chi connectivity index (χ2v) is 7.00. The summed E-state index contributed by atoms with van der Waals surface area (Å²) >= 11 is 1.72. The molecule has 0 radical (unpaired) electrons. The molecular weight excluding hydrogens is 280 g/mol. The van der Waals surface area contributed by atoms with Crippen molar-refractivity contribution in [2.75, 3.05) is 5.32 Å². The van der Waals surface area contributed by atoms with Crippen LogP contribution in [-0.4, -0.2) is 8.42 Å². The maximum atomic E-state index is 11.0. The molecule has 3 N–H and O–H groups in total. The first-order valence-electron chi connectivity index (χ1n) is 5.80. The molecule has 1 heterocycles. The van der Waals surface area contributed by atoms with E-state index >= 15 is 0 Å². The summed E-state index contributed by atoms with van der Waals surface area (Å²) in [5.41, 5.74) is 2.94. The fourth-order valence-corrected chi connectivity index (χ4v) is 3.22. The van der Waals surface area contributed by atoms with Crippen LogP contribution in [0.25, 0.3) is 0 Å². The van der Waals surface area contributed by atoms with Gasteiger partial charge in [-0.25, -0.2) is 13.6 Å². The summed E-state index contributed by atoms with van der Waals surface area (Å²) in [7, 11) is -3.46. The first-order chi connectivity index (χ1) is 8.94. The molecule has 2 rings (SSSR count). The van der Waals surface area contributed by atoms with Crippen LogP contribution in [0.3, 0.4) is 0 Å². The standard InChI is InChI=1S/C13H16N2O2S2/c1-10-6-7-18-13(10)8-15-12-4-2-11(3-5-12)9-19(14,16)17/h2-7,15H,8-9H2,1H3,(H2,14,16,17). The molecule has 0 unspecified atom stereocenters. The number of benzene rings is 1. The summed E-state index contributed by atoms with van der Waals surface area (Å²) in [6.07, 6.45) is 0. The van der Waals surface area contributed by atoms with E-state index in [4.69, 9.17) is 5.14 Å². The molecule has 0 amide bonds. The molecule has 2 aromatic rings. The third kappa shape index (κ3) is 4.34. The Kier molecular flexibility index (Phi) is 4.24. The molecule has 0 spiro atoms. The van der Waals surface area contributed by atoms with Gasteiger partial charge in [-0.1, -0.05) is 12.1 Å². The highest BCUT2D eigenvalue weighted by molar-refractivity contribution is 7.88. The number of sulfonamides is 1. The molecule has 4 nitrogen and oxygen atoms in total. The van der Waals surface area contributed by atoms with Crippen molar-refractivity contribution >= 4 is 27.0 Å². The first-order valence-corrected chi connectivity index (χ1v) is 8.40.